The van der Waals surface area contributed by atoms with Gasteiger partial charge in [0.1, 0.15) is 12.4 Å². The predicted molar refractivity (Wildman–Crippen MR) is 59.6 cm³/mol. The zero-order valence-corrected chi connectivity index (χ0v) is 8.77. The lowest BCUT2D eigenvalue weighted by molar-refractivity contribution is 0.344. The summed E-state index contributed by atoms with van der Waals surface area (Å²) in [6, 6.07) is 5.38. The Labute approximate surface area is 88.3 Å². The van der Waals surface area contributed by atoms with E-state index in [9.17, 15) is 0 Å². The van der Waals surface area contributed by atoms with Gasteiger partial charge < -0.3 is 15.9 Å². The standard InChI is InChI=1S/C10H13ClN2O/c1-7(12)8-3-2-4-9(10(8)13)14-6-5-11/h2-4,12H,5-6,13H2,1H3. The smallest absolute Gasteiger partial charge is 0.142 e. The molecule has 0 aromatic heterocycles. The lowest BCUT2D eigenvalue weighted by Gasteiger charge is -2.10. The molecule has 1 rings (SSSR count). The number of hydrogen-bond acceptors (Lipinski definition) is 3. The Morgan fingerprint density at radius 3 is 2.86 bits per heavy atom. The minimum atomic E-state index is 0.423. The van der Waals surface area contributed by atoms with Crippen LogP contribution in [0.2, 0.25) is 0 Å². The van der Waals surface area contributed by atoms with Crippen molar-refractivity contribution in [3.63, 3.8) is 0 Å². The molecule has 1 aromatic carbocycles. The van der Waals surface area contributed by atoms with Crippen molar-refractivity contribution in [1.29, 1.82) is 5.41 Å². The number of nitrogen functional groups attached to an aromatic ring is 1. The number of rotatable bonds is 4. The predicted octanol–water partition coefficient (Wildman–Crippen LogP) is 2.27. The summed E-state index contributed by atoms with van der Waals surface area (Å²) < 4.78 is 5.32. The number of hydrogen-bond donors (Lipinski definition) is 2. The summed E-state index contributed by atoms with van der Waals surface area (Å²) in [6.07, 6.45) is 0. The van der Waals surface area contributed by atoms with Crippen molar-refractivity contribution in [3.05, 3.63) is 23.8 Å². The van der Waals surface area contributed by atoms with Gasteiger partial charge in [0.2, 0.25) is 0 Å². The zero-order chi connectivity index (χ0) is 10.6. The van der Waals surface area contributed by atoms with E-state index in [1.54, 1.807) is 19.1 Å². The van der Waals surface area contributed by atoms with Crippen LogP contribution in [0.4, 0.5) is 5.69 Å². The Morgan fingerprint density at radius 1 is 1.57 bits per heavy atom. The topological polar surface area (TPSA) is 59.1 Å². The van der Waals surface area contributed by atoms with E-state index >= 15 is 0 Å². The van der Waals surface area contributed by atoms with Crippen molar-refractivity contribution >= 4 is 23.0 Å². The number of nitrogens with one attached hydrogen (secondary N) is 1. The third kappa shape index (κ3) is 2.39. The first kappa shape index (κ1) is 10.9. The van der Waals surface area contributed by atoms with Crippen LogP contribution in [0.3, 0.4) is 0 Å². The van der Waals surface area contributed by atoms with Gasteiger partial charge >= 0.3 is 0 Å². The van der Waals surface area contributed by atoms with Crippen LogP contribution in [0, 0.1) is 5.41 Å². The summed E-state index contributed by atoms with van der Waals surface area (Å²) in [7, 11) is 0. The van der Waals surface area contributed by atoms with Crippen LogP contribution in [0.25, 0.3) is 0 Å². The normalized spacial score (nSPS) is 9.86. The van der Waals surface area contributed by atoms with Gasteiger partial charge in [0.15, 0.2) is 0 Å². The second-order valence-corrected chi connectivity index (χ2v) is 3.26. The third-order valence-electron chi connectivity index (χ3n) is 1.80. The summed E-state index contributed by atoms with van der Waals surface area (Å²) >= 11 is 5.50. The fraction of sp³-hybridized carbons (Fsp3) is 0.300. The third-order valence-corrected chi connectivity index (χ3v) is 1.96. The Hall–Kier alpha value is -1.22. The van der Waals surface area contributed by atoms with Crippen molar-refractivity contribution in [2.24, 2.45) is 0 Å². The fourth-order valence-electron chi connectivity index (χ4n) is 1.15. The van der Waals surface area contributed by atoms with Gasteiger partial charge in [0.25, 0.3) is 0 Å². The van der Waals surface area contributed by atoms with Gasteiger partial charge in [-0.05, 0) is 13.0 Å². The number of halogens is 1. The molecule has 4 heteroatoms. The highest BCUT2D eigenvalue weighted by Gasteiger charge is 2.06. The molecule has 0 aliphatic carbocycles. The highest BCUT2D eigenvalue weighted by Crippen LogP contribution is 2.25. The van der Waals surface area contributed by atoms with Gasteiger partial charge in [0.05, 0.1) is 11.6 Å². The van der Waals surface area contributed by atoms with Crippen LogP contribution in [0.5, 0.6) is 5.75 Å². The van der Waals surface area contributed by atoms with Crippen molar-refractivity contribution in [3.8, 4) is 5.75 Å². The number of anilines is 1. The van der Waals surface area contributed by atoms with Gasteiger partial charge in [-0.2, -0.15) is 0 Å². The van der Waals surface area contributed by atoms with Crippen LogP contribution in [-0.2, 0) is 0 Å². The SMILES string of the molecule is CC(=N)c1cccc(OCCCl)c1N. The van der Waals surface area contributed by atoms with Crippen molar-refractivity contribution in [2.75, 3.05) is 18.2 Å². The largest absolute Gasteiger partial charge is 0.490 e. The minimum absolute atomic E-state index is 0.423. The van der Waals surface area contributed by atoms with Gasteiger partial charge in [-0.15, -0.1) is 11.6 Å². The maximum atomic E-state index is 7.49. The molecule has 0 aliphatic heterocycles. The monoisotopic (exact) mass is 212 g/mol. The first-order valence-corrected chi connectivity index (χ1v) is 4.83. The van der Waals surface area contributed by atoms with Crippen LogP contribution in [-0.4, -0.2) is 18.2 Å². The van der Waals surface area contributed by atoms with E-state index < -0.39 is 0 Å². The summed E-state index contributed by atoms with van der Waals surface area (Å²) in [4.78, 5) is 0. The van der Waals surface area contributed by atoms with E-state index in [0.717, 1.165) is 0 Å². The van der Waals surface area contributed by atoms with E-state index in [1.165, 1.54) is 0 Å². The van der Waals surface area contributed by atoms with Gasteiger partial charge in [0, 0.05) is 11.3 Å². The molecule has 0 aliphatic rings. The molecule has 0 atom stereocenters. The number of ether oxygens (including phenoxy) is 1. The van der Waals surface area contributed by atoms with E-state index in [4.69, 9.17) is 27.5 Å². The van der Waals surface area contributed by atoms with Gasteiger partial charge in [-0.1, -0.05) is 12.1 Å². The molecule has 0 spiro atoms. The first-order valence-electron chi connectivity index (χ1n) is 4.29. The number of nitrogens with two attached hydrogens (primary N) is 1. The Kier molecular flexibility index (Phi) is 3.77. The molecule has 3 N–H and O–H groups in total. The van der Waals surface area contributed by atoms with Gasteiger partial charge in [-0.25, -0.2) is 0 Å². The average Bonchev–Trinajstić information content (AvgIpc) is 2.16. The summed E-state index contributed by atoms with van der Waals surface area (Å²) in [5, 5.41) is 7.49. The van der Waals surface area contributed by atoms with E-state index in [1.807, 2.05) is 6.07 Å². The molecule has 3 nitrogen and oxygen atoms in total. The van der Waals surface area contributed by atoms with Crippen LogP contribution in [0.1, 0.15) is 12.5 Å². The lowest BCUT2D eigenvalue weighted by atomic mass is 10.1. The lowest BCUT2D eigenvalue weighted by Crippen LogP contribution is -2.05. The molecule has 76 valence electrons. The quantitative estimate of drug-likeness (QED) is 0.457. The molecule has 1 aromatic rings. The Bertz CT molecular complexity index is 339. The molecule has 14 heavy (non-hydrogen) atoms. The van der Waals surface area contributed by atoms with Crippen LogP contribution < -0.4 is 10.5 Å². The molecular formula is C10H13ClN2O. The highest BCUT2D eigenvalue weighted by molar-refractivity contribution is 6.18. The average molecular weight is 213 g/mol. The number of alkyl halides is 1. The highest BCUT2D eigenvalue weighted by atomic mass is 35.5. The molecule has 0 amide bonds. The molecule has 0 fully saturated rings. The summed E-state index contributed by atoms with van der Waals surface area (Å²) in [6.45, 7) is 2.11. The Balaban J connectivity index is 2.95. The minimum Gasteiger partial charge on any atom is -0.490 e. The Morgan fingerprint density at radius 2 is 2.29 bits per heavy atom. The molecule has 0 heterocycles. The maximum absolute atomic E-state index is 7.49. The number of para-hydroxylation sites is 1. The van der Waals surface area contributed by atoms with E-state index in [2.05, 4.69) is 0 Å². The van der Waals surface area contributed by atoms with Crippen LogP contribution >= 0.6 is 11.6 Å². The molecule has 0 bridgehead atoms. The number of benzene rings is 1. The first-order chi connectivity index (χ1) is 6.66. The molecule has 0 radical (unpaired) electrons. The summed E-state index contributed by atoms with van der Waals surface area (Å²) in [5.74, 6) is 1.02. The second kappa shape index (κ2) is 4.86. The van der Waals surface area contributed by atoms with E-state index in [0.29, 0.717) is 35.2 Å². The van der Waals surface area contributed by atoms with Crippen molar-refractivity contribution < 1.29 is 4.74 Å². The van der Waals surface area contributed by atoms with Crippen molar-refractivity contribution in [2.45, 2.75) is 6.92 Å². The molecule has 0 saturated heterocycles. The summed E-state index contributed by atoms with van der Waals surface area (Å²) in [5.41, 5.74) is 7.46. The van der Waals surface area contributed by atoms with E-state index in [-0.39, 0.29) is 0 Å². The fourth-order valence-corrected chi connectivity index (χ4v) is 1.22. The van der Waals surface area contributed by atoms with Crippen LogP contribution in [0.15, 0.2) is 18.2 Å². The van der Waals surface area contributed by atoms with Crippen molar-refractivity contribution in [1.82, 2.24) is 0 Å². The second-order valence-electron chi connectivity index (χ2n) is 2.88. The molecule has 0 unspecified atom stereocenters. The van der Waals surface area contributed by atoms with Gasteiger partial charge in [-0.3, -0.25) is 0 Å². The zero-order valence-electron chi connectivity index (χ0n) is 8.01. The molecular weight excluding hydrogens is 200 g/mol. The molecule has 0 saturated carbocycles. The maximum Gasteiger partial charge on any atom is 0.142 e.